The summed E-state index contributed by atoms with van der Waals surface area (Å²) in [7, 11) is 0. The van der Waals surface area contributed by atoms with Gasteiger partial charge in [-0.15, -0.1) is 0 Å². The molecule has 1 amide bonds. The molecule has 0 spiro atoms. The van der Waals surface area contributed by atoms with Crippen molar-refractivity contribution in [1.82, 2.24) is 19.8 Å². The average molecular weight is 403 g/mol. The van der Waals surface area contributed by atoms with Gasteiger partial charge in [-0.25, -0.2) is 4.98 Å². The molecule has 30 heavy (non-hydrogen) atoms. The highest BCUT2D eigenvalue weighted by Crippen LogP contribution is 2.27. The van der Waals surface area contributed by atoms with E-state index in [4.69, 9.17) is 4.98 Å². The van der Waals surface area contributed by atoms with Crippen molar-refractivity contribution in [2.24, 2.45) is 5.92 Å². The van der Waals surface area contributed by atoms with E-state index in [9.17, 15) is 4.79 Å². The van der Waals surface area contributed by atoms with E-state index < -0.39 is 0 Å². The second-order valence-corrected chi connectivity index (χ2v) is 8.48. The number of carbonyl (C=O) groups is 1. The Bertz CT molecular complexity index is 995. The lowest BCUT2D eigenvalue weighted by Crippen LogP contribution is -2.37. The van der Waals surface area contributed by atoms with E-state index in [1.165, 1.54) is 0 Å². The number of nitrogens with zero attached hydrogens (tertiary/aromatic N) is 3. The molecular formula is C25H30N4O. The van der Waals surface area contributed by atoms with Crippen molar-refractivity contribution < 1.29 is 4.79 Å². The number of hydrogen-bond acceptors (Lipinski definition) is 3. The van der Waals surface area contributed by atoms with E-state index in [2.05, 4.69) is 40.8 Å². The van der Waals surface area contributed by atoms with Crippen molar-refractivity contribution in [3.05, 3.63) is 77.6 Å². The van der Waals surface area contributed by atoms with Gasteiger partial charge in [-0.1, -0.05) is 74.5 Å². The van der Waals surface area contributed by atoms with Crippen LogP contribution in [0.15, 0.2) is 60.7 Å². The number of aromatic nitrogens is 2. The fraction of sp³-hybridized carbons (Fsp3) is 0.360. The summed E-state index contributed by atoms with van der Waals surface area (Å²) in [5.41, 5.74) is 3.69. The molecule has 1 aromatic heterocycles. The van der Waals surface area contributed by atoms with Crippen LogP contribution in [0.3, 0.4) is 0 Å². The number of benzene rings is 2. The van der Waals surface area contributed by atoms with Gasteiger partial charge in [0.25, 0.3) is 5.91 Å². The summed E-state index contributed by atoms with van der Waals surface area (Å²) in [5, 5.41) is 3.15. The number of hydrogen-bond donors (Lipinski definition) is 1. The normalized spacial score (nSPS) is 15.1. The molecule has 0 aliphatic carbocycles. The van der Waals surface area contributed by atoms with Crippen LogP contribution in [0, 0.1) is 5.92 Å². The van der Waals surface area contributed by atoms with E-state index in [0.29, 0.717) is 11.6 Å². The van der Waals surface area contributed by atoms with Gasteiger partial charge in [0.2, 0.25) is 0 Å². The first-order chi connectivity index (χ1) is 14.5. The third-order valence-corrected chi connectivity index (χ3v) is 5.60. The first kappa shape index (κ1) is 20.4. The maximum absolute atomic E-state index is 13.3. The fourth-order valence-corrected chi connectivity index (χ4v) is 4.17. The standard InChI is InChI=1S/C25H30N4O/c1-18(2)16-28-14-15-29-22(17-28)23(27-24(29)21-12-8-5-9-13-21)25(30)26-19(3)20-10-6-4-7-11-20/h4-13,18-19H,14-17H2,1-3H3,(H,26,30)/t19-/m0/s1. The maximum atomic E-state index is 13.3. The quantitative estimate of drug-likeness (QED) is 0.660. The Morgan fingerprint density at radius 3 is 2.33 bits per heavy atom. The molecule has 4 rings (SSSR count). The third kappa shape index (κ3) is 4.31. The second kappa shape index (κ2) is 8.84. The zero-order valence-corrected chi connectivity index (χ0v) is 18.0. The smallest absolute Gasteiger partial charge is 0.272 e. The summed E-state index contributed by atoms with van der Waals surface area (Å²) in [6, 6.07) is 20.1. The number of fused-ring (bicyclic) bond motifs is 1. The highest BCUT2D eigenvalue weighted by atomic mass is 16.2. The van der Waals surface area contributed by atoms with Crippen LogP contribution in [0.25, 0.3) is 11.4 Å². The van der Waals surface area contributed by atoms with Crippen LogP contribution in [0.2, 0.25) is 0 Å². The van der Waals surface area contributed by atoms with Crippen LogP contribution >= 0.6 is 0 Å². The van der Waals surface area contributed by atoms with Gasteiger partial charge in [0.05, 0.1) is 11.7 Å². The molecular weight excluding hydrogens is 372 g/mol. The molecule has 0 fully saturated rings. The molecule has 0 bridgehead atoms. The molecule has 1 aliphatic rings. The van der Waals surface area contributed by atoms with Crippen LogP contribution < -0.4 is 5.32 Å². The number of nitrogens with one attached hydrogen (secondary N) is 1. The number of rotatable bonds is 6. The van der Waals surface area contributed by atoms with Crippen LogP contribution in [-0.4, -0.2) is 33.4 Å². The molecule has 2 aromatic carbocycles. The van der Waals surface area contributed by atoms with E-state index in [1.807, 2.05) is 55.5 Å². The molecule has 1 aliphatic heterocycles. The summed E-state index contributed by atoms with van der Waals surface area (Å²) < 4.78 is 2.23. The minimum Gasteiger partial charge on any atom is -0.344 e. The number of imidazole rings is 1. The lowest BCUT2D eigenvalue weighted by molar-refractivity contribution is 0.0931. The van der Waals surface area contributed by atoms with Crippen LogP contribution in [-0.2, 0) is 13.1 Å². The summed E-state index contributed by atoms with van der Waals surface area (Å²) in [5.74, 6) is 1.36. The molecule has 0 saturated heterocycles. The number of amides is 1. The minimum absolute atomic E-state index is 0.0772. The predicted molar refractivity (Wildman–Crippen MR) is 120 cm³/mol. The van der Waals surface area contributed by atoms with Crippen molar-refractivity contribution in [3.8, 4) is 11.4 Å². The lowest BCUT2D eigenvalue weighted by Gasteiger charge is -2.30. The molecule has 156 valence electrons. The zero-order valence-electron chi connectivity index (χ0n) is 18.0. The molecule has 2 heterocycles. The molecule has 5 heteroatoms. The Balaban J connectivity index is 1.66. The molecule has 1 atom stereocenters. The summed E-state index contributed by atoms with van der Waals surface area (Å²) >= 11 is 0. The molecule has 0 saturated carbocycles. The van der Waals surface area contributed by atoms with E-state index in [1.54, 1.807) is 0 Å². The van der Waals surface area contributed by atoms with Gasteiger partial charge in [0, 0.05) is 31.7 Å². The van der Waals surface area contributed by atoms with Gasteiger partial charge >= 0.3 is 0 Å². The fourth-order valence-electron chi connectivity index (χ4n) is 4.17. The Labute approximate surface area is 178 Å². The Morgan fingerprint density at radius 1 is 1.00 bits per heavy atom. The van der Waals surface area contributed by atoms with Crippen molar-refractivity contribution in [3.63, 3.8) is 0 Å². The molecule has 1 N–H and O–H groups in total. The van der Waals surface area contributed by atoms with Crippen LogP contribution in [0.1, 0.15) is 48.6 Å². The third-order valence-electron chi connectivity index (χ3n) is 5.60. The van der Waals surface area contributed by atoms with E-state index in [0.717, 1.165) is 48.8 Å². The van der Waals surface area contributed by atoms with E-state index in [-0.39, 0.29) is 11.9 Å². The Hall–Kier alpha value is -2.92. The second-order valence-electron chi connectivity index (χ2n) is 8.48. The van der Waals surface area contributed by atoms with Gasteiger partial charge in [0.1, 0.15) is 5.82 Å². The lowest BCUT2D eigenvalue weighted by atomic mass is 10.1. The van der Waals surface area contributed by atoms with Gasteiger partial charge in [-0.05, 0) is 18.4 Å². The van der Waals surface area contributed by atoms with Gasteiger partial charge < -0.3 is 9.88 Å². The minimum atomic E-state index is -0.108. The van der Waals surface area contributed by atoms with Gasteiger partial charge in [-0.3, -0.25) is 9.69 Å². The molecule has 3 aromatic rings. The SMILES string of the molecule is CC(C)CN1CCn2c(-c3ccccc3)nc(C(=O)N[C@@H](C)c3ccccc3)c2C1. The maximum Gasteiger partial charge on any atom is 0.272 e. The highest BCUT2D eigenvalue weighted by Gasteiger charge is 2.28. The Morgan fingerprint density at radius 2 is 1.67 bits per heavy atom. The molecule has 0 unspecified atom stereocenters. The summed E-state index contributed by atoms with van der Waals surface area (Å²) in [6.07, 6.45) is 0. The average Bonchev–Trinajstić information content (AvgIpc) is 3.13. The first-order valence-electron chi connectivity index (χ1n) is 10.8. The number of carbonyl (C=O) groups excluding carboxylic acids is 1. The van der Waals surface area contributed by atoms with Crippen molar-refractivity contribution in [1.29, 1.82) is 0 Å². The summed E-state index contributed by atoms with van der Waals surface area (Å²) in [4.78, 5) is 20.5. The highest BCUT2D eigenvalue weighted by molar-refractivity contribution is 5.94. The molecule has 0 radical (unpaired) electrons. The largest absolute Gasteiger partial charge is 0.344 e. The van der Waals surface area contributed by atoms with Crippen LogP contribution in [0.5, 0.6) is 0 Å². The zero-order chi connectivity index (χ0) is 21.1. The topological polar surface area (TPSA) is 50.2 Å². The Kier molecular flexibility index (Phi) is 6.00. The van der Waals surface area contributed by atoms with Crippen molar-refractivity contribution in [2.45, 2.75) is 39.9 Å². The predicted octanol–water partition coefficient (Wildman–Crippen LogP) is 4.51. The van der Waals surface area contributed by atoms with Crippen LogP contribution in [0.4, 0.5) is 0 Å². The van der Waals surface area contributed by atoms with Crippen molar-refractivity contribution in [2.75, 3.05) is 13.1 Å². The van der Waals surface area contributed by atoms with Gasteiger partial charge in [0.15, 0.2) is 5.69 Å². The first-order valence-corrected chi connectivity index (χ1v) is 10.8. The summed E-state index contributed by atoms with van der Waals surface area (Å²) in [6.45, 7) is 10.1. The van der Waals surface area contributed by atoms with E-state index >= 15 is 0 Å². The molecule has 5 nitrogen and oxygen atoms in total. The van der Waals surface area contributed by atoms with Crippen molar-refractivity contribution >= 4 is 5.91 Å². The van der Waals surface area contributed by atoms with Gasteiger partial charge in [-0.2, -0.15) is 0 Å². The monoisotopic (exact) mass is 402 g/mol.